The molecule has 0 saturated heterocycles. The van der Waals surface area contributed by atoms with Crippen LogP contribution in [0.3, 0.4) is 0 Å². The van der Waals surface area contributed by atoms with Crippen LogP contribution >= 0.6 is 24.0 Å². The molecule has 0 unspecified atom stereocenters. The van der Waals surface area contributed by atoms with Crippen LogP contribution in [0.4, 0.5) is 25.8 Å². The van der Waals surface area contributed by atoms with E-state index in [0.717, 1.165) is 5.69 Å². The van der Waals surface area contributed by atoms with Gasteiger partial charge in [0.05, 0.1) is 11.4 Å². The van der Waals surface area contributed by atoms with Gasteiger partial charge in [0.15, 0.2) is 5.11 Å². The first kappa shape index (κ1) is 16.7. The molecular formula is C16H13F2N3OS2. The summed E-state index contributed by atoms with van der Waals surface area (Å²) in [6.07, 6.45) is 0. The fourth-order valence-corrected chi connectivity index (χ4v) is 3.10. The summed E-state index contributed by atoms with van der Waals surface area (Å²) < 4.78 is 24.7. The Bertz CT molecular complexity index is 768. The third-order valence-electron chi connectivity index (χ3n) is 3.35. The lowest BCUT2D eigenvalue weighted by molar-refractivity contribution is -0.115. The Morgan fingerprint density at radius 2 is 1.92 bits per heavy atom. The zero-order valence-corrected chi connectivity index (χ0v) is 14.0. The highest BCUT2D eigenvalue weighted by Gasteiger charge is 2.24. The van der Waals surface area contributed by atoms with Crippen LogP contribution in [-0.2, 0) is 4.79 Å². The molecule has 24 heavy (non-hydrogen) atoms. The maximum Gasteiger partial charge on any atom is 0.288 e. The maximum absolute atomic E-state index is 12.3. The summed E-state index contributed by atoms with van der Waals surface area (Å²) in [6.45, 7) is 0.113. The predicted octanol–water partition coefficient (Wildman–Crippen LogP) is 4.16. The summed E-state index contributed by atoms with van der Waals surface area (Å²) in [4.78, 5) is 14.0. The molecule has 2 aromatic carbocycles. The van der Waals surface area contributed by atoms with Crippen LogP contribution in [0.15, 0.2) is 53.4 Å². The van der Waals surface area contributed by atoms with Gasteiger partial charge in [0, 0.05) is 10.6 Å². The molecule has 0 aliphatic carbocycles. The van der Waals surface area contributed by atoms with E-state index in [4.69, 9.17) is 12.2 Å². The predicted molar refractivity (Wildman–Crippen MR) is 96.9 cm³/mol. The number of para-hydroxylation sites is 2. The fourth-order valence-electron chi connectivity index (χ4n) is 2.33. The van der Waals surface area contributed by atoms with Gasteiger partial charge in [-0.05, 0) is 48.6 Å². The molecule has 2 aromatic rings. The number of carbonyl (C=O) groups is 1. The lowest BCUT2D eigenvalue weighted by Gasteiger charge is -2.31. The van der Waals surface area contributed by atoms with Crippen molar-refractivity contribution in [2.45, 2.75) is 10.7 Å². The smallest absolute Gasteiger partial charge is 0.288 e. The van der Waals surface area contributed by atoms with Gasteiger partial charge in [0.25, 0.3) is 5.76 Å². The first-order chi connectivity index (χ1) is 11.5. The lowest BCUT2D eigenvalue weighted by Crippen LogP contribution is -2.44. The summed E-state index contributed by atoms with van der Waals surface area (Å²) >= 11 is 5.89. The molecule has 4 nitrogen and oxygen atoms in total. The molecular weight excluding hydrogens is 352 g/mol. The van der Waals surface area contributed by atoms with Crippen molar-refractivity contribution in [1.29, 1.82) is 0 Å². The number of rotatable bonds is 3. The number of nitrogens with zero attached hydrogens (tertiary/aromatic N) is 1. The molecule has 1 aliphatic rings. The van der Waals surface area contributed by atoms with E-state index in [1.807, 2.05) is 18.2 Å². The highest BCUT2D eigenvalue weighted by molar-refractivity contribution is 7.99. The Labute approximate surface area is 147 Å². The Morgan fingerprint density at radius 3 is 2.62 bits per heavy atom. The average molecular weight is 365 g/mol. The van der Waals surface area contributed by atoms with Gasteiger partial charge in [0.2, 0.25) is 5.91 Å². The van der Waals surface area contributed by atoms with Crippen molar-refractivity contribution in [3.63, 3.8) is 0 Å². The first-order valence-corrected chi connectivity index (χ1v) is 8.34. The van der Waals surface area contributed by atoms with Gasteiger partial charge >= 0.3 is 0 Å². The molecule has 0 spiro atoms. The van der Waals surface area contributed by atoms with E-state index in [1.165, 1.54) is 0 Å². The standard InChI is InChI=1S/C16H13F2N3OS2/c17-15(18)24-11-7-5-10(6-8-11)19-16(23)21-9-14(22)20-12-3-1-2-4-13(12)21/h1-8,15H,9H2,(H,19,23)(H,20,22). The molecule has 0 radical (unpaired) electrons. The molecule has 1 heterocycles. The number of hydrogen-bond acceptors (Lipinski definition) is 3. The molecule has 0 fully saturated rings. The largest absolute Gasteiger partial charge is 0.332 e. The van der Waals surface area contributed by atoms with Gasteiger partial charge in [-0.1, -0.05) is 23.9 Å². The minimum Gasteiger partial charge on any atom is -0.332 e. The molecule has 3 rings (SSSR count). The van der Waals surface area contributed by atoms with Gasteiger partial charge in [-0.25, -0.2) is 0 Å². The lowest BCUT2D eigenvalue weighted by atomic mass is 10.2. The molecule has 1 amide bonds. The number of anilines is 3. The minimum atomic E-state index is -2.45. The highest BCUT2D eigenvalue weighted by atomic mass is 32.2. The Kier molecular flexibility index (Phi) is 4.96. The van der Waals surface area contributed by atoms with Crippen LogP contribution in [0.1, 0.15) is 0 Å². The second kappa shape index (κ2) is 7.14. The van der Waals surface area contributed by atoms with E-state index < -0.39 is 5.76 Å². The molecule has 2 N–H and O–H groups in total. The second-order valence-electron chi connectivity index (χ2n) is 4.98. The average Bonchev–Trinajstić information content (AvgIpc) is 2.55. The van der Waals surface area contributed by atoms with Crippen LogP contribution in [0, 0.1) is 0 Å². The Morgan fingerprint density at radius 1 is 1.21 bits per heavy atom. The first-order valence-electron chi connectivity index (χ1n) is 7.05. The van der Waals surface area contributed by atoms with Crippen molar-refractivity contribution >= 4 is 52.1 Å². The molecule has 0 bridgehead atoms. The molecule has 8 heteroatoms. The van der Waals surface area contributed by atoms with Crippen LogP contribution < -0.4 is 15.5 Å². The Balaban J connectivity index is 1.74. The monoisotopic (exact) mass is 365 g/mol. The number of amides is 1. The number of carbonyl (C=O) groups excluding carboxylic acids is 1. The minimum absolute atomic E-state index is 0.113. The van der Waals surface area contributed by atoms with E-state index in [2.05, 4.69) is 10.6 Å². The van der Waals surface area contributed by atoms with Crippen LogP contribution in [0.2, 0.25) is 0 Å². The fraction of sp³-hybridized carbons (Fsp3) is 0.125. The number of fused-ring (bicyclic) bond motifs is 1. The van der Waals surface area contributed by atoms with Gasteiger partial charge in [0.1, 0.15) is 6.54 Å². The number of alkyl halides is 2. The van der Waals surface area contributed by atoms with E-state index in [0.29, 0.717) is 33.1 Å². The molecule has 0 aromatic heterocycles. The number of thiocarbonyl (C=S) groups is 1. The highest BCUT2D eigenvalue weighted by Crippen LogP contribution is 2.30. The van der Waals surface area contributed by atoms with Crippen molar-refractivity contribution < 1.29 is 13.6 Å². The normalized spacial score (nSPS) is 13.5. The summed E-state index contributed by atoms with van der Waals surface area (Å²) in [5, 5.41) is 6.19. The number of halogens is 2. The number of benzene rings is 2. The van der Waals surface area contributed by atoms with Gasteiger partial charge < -0.3 is 15.5 Å². The zero-order chi connectivity index (χ0) is 17.1. The van der Waals surface area contributed by atoms with Crippen molar-refractivity contribution in [2.24, 2.45) is 0 Å². The summed E-state index contributed by atoms with van der Waals surface area (Å²) in [7, 11) is 0. The Hall–Kier alpha value is -2.19. The van der Waals surface area contributed by atoms with E-state index in [1.54, 1.807) is 35.2 Å². The van der Waals surface area contributed by atoms with Gasteiger partial charge in [-0.3, -0.25) is 4.79 Å². The summed E-state index contributed by atoms with van der Waals surface area (Å²) in [6, 6.07) is 13.9. The van der Waals surface area contributed by atoms with Gasteiger partial charge in [-0.2, -0.15) is 8.78 Å². The SMILES string of the molecule is O=C1CN(C(=S)Nc2ccc(SC(F)F)cc2)c2ccccc2N1. The van der Waals surface area contributed by atoms with Crippen molar-refractivity contribution in [3.8, 4) is 0 Å². The van der Waals surface area contributed by atoms with Crippen LogP contribution in [0.25, 0.3) is 0 Å². The summed E-state index contributed by atoms with van der Waals surface area (Å²) in [5.74, 6) is -2.60. The molecule has 0 atom stereocenters. The topological polar surface area (TPSA) is 44.4 Å². The zero-order valence-electron chi connectivity index (χ0n) is 12.3. The molecule has 1 aliphatic heterocycles. The maximum atomic E-state index is 12.3. The third kappa shape index (κ3) is 3.82. The number of hydrogen-bond donors (Lipinski definition) is 2. The van der Waals surface area contributed by atoms with Crippen molar-refractivity contribution in [2.75, 3.05) is 22.1 Å². The molecule has 124 valence electrons. The van der Waals surface area contributed by atoms with Gasteiger partial charge in [-0.15, -0.1) is 0 Å². The van der Waals surface area contributed by atoms with Crippen molar-refractivity contribution in [3.05, 3.63) is 48.5 Å². The van der Waals surface area contributed by atoms with Crippen LogP contribution in [-0.4, -0.2) is 23.3 Å². The van der Waals surface area contributed by atoms with Crippen LogP contribution in [0.5, 0.6) is 0 Å². The van der Waals surface area contributed by atoms with E-state index >= 15 is 0 Å². The number of thioether (sulfide) groups is 1. The quantitative estimate of drug-likeness (QED) is 0.632. The van der Waals surface area contributed by atoms with E-state index in [-0.39, 0.29) is 12.5 Å². The van der Waals surface area contributed by atoms with Crippen molar-refractivity contribution in [1.82, 2.24) is 0 Å². The van der Waals surface area contributed by atoms with E-state index in [9.17, 15) is 13.6 Å². The second-order valence-corrected chi connectivity index (χ2v) is 6.43. The summed E-state index contributed by atoms with van der Waals surface area (Å²) in [5.41, 5.74) is 2.17. The molecule has 0 saturated carbocycles. The third-order valence-corrected chi connectivity index (χ3v) is 4.39. The number of nitrogens with one attached hydrogen (secondary N) is 2.